The summed E-state index contributed by atoms with van der Waals surface area (Å²) in [5, 5.41) is 8.64. The highest BCUT2D eigenvalue weighted by Crippen LogP contribution is 2.51. The number of benzene rings is 8. The molecule has 0 bridgehead atoms. The Balaban J connectivity index is 1.25. The van der Waals surface area contributed by atoms with Crippen LogP contribution in [-0.4, -0.2) is 0 Å². The summed E-state index contributed by atoms with van der Waals surface area (Å²) in [4.78, 5) is 0. The lowest BCUT2D eigenvalue weighted by atomic mass is 9.81. The fourth-order valence-corrected chi connectivity index (χ4v) is 13.5. The summed E-state index contributed by atoms with van der Waals surface area (Å²) in [6.45, 7) is 44.8. The molecule has 0 aliphatic heterocycles. The van der Waals surface area contributed by atoms with Crippen LogP contribution in [0.25, 0.3) is 65.4 Å². The van der Waals surface area contributed by atoms with E-state index in [9.17, 15) is 0 Å². The molecule has 10 rings (SSSR count). The van der Waals surface area contributed by atoms with Gasteiger partial charge in [-0.2, -0.15) is 0 Å². The molecule has 2 heterocycles. The first-order chi connectivity index (χ1) is 36.0. The molecule has 0 fully saturated rings. The molecule has 10 aromatic rings. The van der Waals surface area contributed by atoms with Gasteiger partial charge in [-0.1, -0.05) is 168 Å². The van der Waals surface area contributed by atoms with Gasteiger partial charge in [0.1, 0.15) is 33.8 Å². The Morgan fingerprint density at radius 1 is 0.351 bits per heavy atom. The predicted molar refractivity (Wildman–Crippen MR) is 328 cm³/mol. The fraction of sp³-hybridized carbons (Fsp3) is 0.362. The molecule has 0 spiro atoms. The maximum Gasteiger partial charge on any atom is 0.453 e. The Hall–Kier alpha value is -6.32. The molecule has 6 nitrogen and oxygen atoms in total. The van der Waals surface area contributed by atoms with E-state index >= 15 is 0 Å². The zero-order valence-electron chi connectivity index (χ0n) is 49.3. The Morgan fingerprint density at radius 3 is 0.870 bits per heavy atom. The fourth-order valence-electron chi connectivity index (χ4n) is 11.3. The first-order valence-corrected chi connectivity index (χ1v) is 29.5. The highest BCUT2D eigenvalue weighted by molar-refractivity contribution is 7.32. The second-order valence-electron chi connectivity index (χ2n) is 26.0. The number of fused-ring (bicyclic) bond motifs is 8. The highest BCUT2D eigenvalue weighted by atomic mass is 31.1. The van der Waals surface area contributed by atoms with Crippen LogP contribution in [0.5, 0.6) is 11.5 Å². The van der Waals surface area contributed by atoms with Crippen LogP contribution in [0, 0.1) is 55.4 Å². The van der Waals surface area contributed by atoms with E-state index in [2.05, 4.69) is 236 Å². The number of rotatable bonds is 6. The minimum Gasteiger partial charge on any atom is -0.390 e. The van der Waals surface area contributed by atoms with Crippen LogP contribution in [0.3, 0.4) is 0 Å². The molecule has 2 aromatic heterocycles. The Kier molecular flexibility index (Phi) is 13.5. The standard InChI is InChI=1S/C69H78O6P2/c1-38-33-52(66(9,10)11)62-58(42(38)5)59-43(6)39(2)34-53(67(12,13)14)63(59)73-76(72-62)70-56-31-29-46-25-21-23-27-48(46)50(56)37-51-49-28-24-22-26-47(49)30-32-57(51)71-77-74-64-54(68(15,16)17)35-40(3)44(7)60(64)61-45(8)41(4)36-55(65(61)75-77)69(18,19)20/h21-36H,37H2,1-20H3. The van der Waals surface area contributed by atoms with Gasteiger partial charge >= 0.3 is 16.5 Å². The van der Waals surface area contributed by atoms with Crippen molar-refractivity contribution in [2.75, 3.05) is 0 Å². The molecule has 0 aliphatic carbocycles. The maximum atomic E-state index is 7.40. The van der Waals surface area contributed by atoms with Gasteiger partial charge in [-0.3, -0.25) is 0 Å². The zero-order valence-corrected chi connectivity index (χ0v) is 51.1. The largest absolute Gasteiger partial charge is 0.453 e. The van der Waals surface area contributed by atoms with Crippen molar-refractivity contribution in [3.05, 3.63) is 175 Å². The van der Waals surface area contributed by atoms with Crippen LogP contribution in [-0.2, 0) is 28.1 Å². The normalized spacial score (nSPS) is 12.7. The molecule has 8 aromatic carbocycles. The van der Waals surface area contributed by atoms with E-state index in [4.69, 9.17) is 25.8 Å². The topological polar surface area (TPSA) is 71.0 Å². The van der Waals surface area contributed by atoms with E-state index in [0.717, 1.165) is 98.8 Å². The summed E-state index contributed by atoms with van der Waals surface area (Å²) in [7, 11) is -4.15. The molecule has 0 unspecified atom stereocenters. The van der Waals surface area contributed by atoms with Crippen LogP contribution in [0.2, 0.25) is 0 Å². The van der Waals surface area contributed by atoms with E-state index in [1.165, 1.54) is 44.5 Å². The summed E-state index contributed by atoms with van der Waals surface area (Å²) in [5.41, 5.74) is 18.3. The molecule has 77 heavy (non-hydrogen) atoms. The lowest BCUT2D eigenvalue weighted by Gasteiger charge is -2.23. The summed E-state index contributed by atoms with van der Waals surface area (Å²) < 4.78 is 44.2. The lowest BCUT2D eigenvalue weighted by Crippen LogP contribution is -2.13. The van der Waals surface area contributed by atoms with Crippen LogP contribution in [0.4, 0.5) is 0 Å². The summed E-state index contributed by atoms with van der Waals surface area (Å²) in [6.07, 6.45) is 0.453. The van der Waals surface area contributed by atoms with Gasteiger partial charge in [0.15, 0.2) is 0 Å². The Bertz CT molecular complexity index is 3700. The van der Waals surface area contributed by atoms with Crippen molar-refractivity contribution in [3.63, 3.8) is 0 Å². The average molecular weight is 1070 g/mol. The van der Waals surface area contributed by atoms with Gasteiger partial charge in [-0.05, 0) is 155 Å². The highest BCUT2D eigenvalue weighted by Gasteiger charge is 2.31. The van der Waals surface area contributed by atoms with Crippen molar-refractivity contribution in [2.45, 2.75) is 167 Å². The van der Waals surface area contributed by atoms with E-state index in [1.54, 1.807) is 0 Å². The number of hydrogen-bond acceptors (Lipinski definition) is 6. The van der Waals surface area contributed by atoms with Gasteiger partial charge in [-0.25, -0.2) is 0 Å². The third-order valence-electron chi connectivity index (χ3n) is 16.3. The Morgan fingerprint density at radius 2 is 0.610 bits per heavy atom. The lowest BCUT2D eigenvalue weighted by molar-refractivity contribution is 0.485. The van der Waals surface area contributed by atoms with E-state index in [0.29, 0.717) is 17.9 Å². The average Bonchev–Trinajstić information content (AvgIpc) is 3.73. The minimum atomic E-state index is -2.08. The second-order valence-corrected chi connectivity index (χ2v) is 28.0. The van der Waals surface area contributed by atoms with Gasteiger partial charge < -0.3 is 25.8 Å². The van der Waals surface area contributed by atoms with Gasteiger partial charge in [0.25, 0.3) is 0 Å². The van der Waals surface area contributed by atoms with Crippen LogP contribution < -0.4 is 9.05 Å². The van der Waals surface area contributed by atoms with Crippen molar-refractivity contribution in [1.29, 1.82) is 0 Å². The monoisotopic (exact) mass is 1060 g/mol. The van der Waals surface area contributed by atoms with E-state index in [1.807, 2.05) is 0 Å². The van der Waals surface area contributed by atoms with Crippen molar-refractivity contribution < 1.29 is 25.8 Å². The molecular formula is C69H78O6P2. The Labute approximate surface area is 458 Å². The molecule has 0 amide bonds. The predicted octanol–water partition coefficient (Wildman–Crippen LogP) is 22.1. The molecule has 400 valence electrons. The van der Waals surface area contributed by atoms with E-state index < -0.39 is 16.5 Å². The van der Waals surface area contributed by atoms with Gasteiger partial charge in [0.05, 0.1) is 0 Å². The van der Waals surface area contributed by atoms with Crippen LogP contribution >= 0.6 is 16.5 Å². The summed E-state index contributed by atoms with van der Waals surface area (Å²) >= 11 is 0. The quantitative estimate of drug-likeness (QED) is 0.165. The van der Waals surface area contributed by atoms with Crippen LogP contribution in [0.15, 0.2) is 114 Å². The third kappa shape index (κ3) is 9.67. The number of hydrogen-bond donors (Lipinski definition) is 0. The molecule has 0 saturated heterocycles. The third-order valence-corrected chi connectivity index (χ3v) is 18.3. The molecule has 0 saturated carbocycles. The molecular weight excluding hydrogens is 987 g/mol. The SMILES string of the molecule is Cc1cc(C(C)(C)C)c2op(Oc3ccc4ccccc4c3Cc3c(Op4oc5c(C(C)(C)C)cc(C)c(C)c5c5c(C)c(C)cc(C(C)(C)C)c5o4)ccc4ccccc34)oc3c(C(C)(C)C)cc(C)c(C)c3c2c1C. The molecule has 0 aliphatic rings. The minimum absolute atomic E-state index is 0.244. The van der Waals surface area contributed by atoms with Crippen molar-refractivity contribution in [2.24, 2.45) is 0 Å². The first kappa shape index (κ1) is 54.1. The molecule has 0 radical (unpaired) electrons. The number of aryl methyl sites for hydroxylation is 8. The molecule has 8 heteroatoms. The van der Waals surface area contributed by atoms with Crippen molar-refractivity contribution in [3.8, 4) is 11.5 Å². The smallest absolute Gasteiger partial charge is 0.390 e. The zero-order chi connectivity index (χ0) is 55.6. The van der Waals surface area contributed by atoms with E-state index in [-0.39, 0.29) is 21.7 Å². The second kappa shape index (κ2) is 19.2. The maximum absolute atomic E-state index is 7.40. The van der Waals surface area contributed by atoms with Crippen molar-refractivity contribution >= 4 is 81.9 Å². The van der Waals surface area contributed by atoms with Crippen molar-refractivity contribution in [1.82, 2.24) is 0 Å². The van der Waals surface area contributed by atoms with Gasteiger partial charge in [0.2, 0.25) is 0 Å². The first-order valence-electron chi connectivity index (χ1n) is 27.3. The van der Waals surface area contributed by atoms with Gasteiger partial charge in [-0.15, -0.1) is 0 Å². The van der Waals surface area contributed by atoms with Crippen LogP contribution in [0.1, 0.15) is 161 Å². The molecule has 0 N–H and O–H groups in total. The summed E-state index contributed by atoms with van der Waals surface area (Å²) in [6, 6.07) is 34.8. The summed E-state index contributed by atoms with van der Waals surface area (Å²) in [5.74, 6) is 1.36. The van der Waals surface area contributed by atoms with Gasteiger partial charge in [0, 0.05) is 61.3 Å². The molecule has 0 atom stereocenters.